The maximum absolute atomic E-state index is 9.28. The summed E-state index contributed by atoms with van der Waals surface area (Å²) in [7, 11) is 0. The van der Waals surface area contributed by atoms with Gasteiger partial charge in [-0.3, -0.25) is 0 Å². The Kier molecular flexibility index (Phi) is 2.88. The number of hydrogen-bond donors (Lipinski definition) is 0. The second kappa shape index (κ2) is 4.38. The molecule has 0 spiro atoms. The van der Waals surface area contributed by atoms with Crippen LogP contribution in [0.1, 0.15) is 36.8 Å². The second-order valence-electron chi connectivity index (χ2n) is 5.32. The third-order valence-electron chi connectivity index (χ3n) is 4.06. The number of benzene rings is 1. The summed E-state index contributed by atoms with van der Waals surface area (Å²) in [4.78, 5) is 1.46. The average molecular weight is 243 g/mol. The quantitative estimate of drug-likeness (QED) is 0.785. The molecular formula is C15H17NS. The van der Waals surface area contributed by atoms with Crippen molar-refractivity contribution in [1.29, 1.82) is 5.26 Å². The van der Waals surface area contributed by atoms with Crippen LogP contribution in [0, 0.1) is 16.7 Å². The molecule has 88 valence electrons. The van der Waals surface area contributed by atoms with E-state index in [2.05, 4.69) is 24.3 Å². The molecule has 17 heavy (non-hydrogen) atoms. The van der Waals surface area contributed by atoms with Crippen molar-refractivity contribution in [3.63, 3.8) is 0 Å². The van der Waals surface area contributed by atoms with Crippen molar-refractivity contribution < 1.29 is 0 Å². The lowest BCUT2D eigenvalue weighted by Gasteiger charge is -2.35. The van der Waals surface area contributed by atoms with Crippen LogP contribution in [0.25, 0.3) is 0 Å². The number of nitrogens with zero attached hydrogens (tertiary/aromatic N) is 1. The largest absolute Gasteiger partial charge is 0.198 e. The van der Waals surface area contributed by atoms with E-state index in [-0.39, 0.29) is 5.41 Å². The topological polar surface area (TPSA) is 23.8 Å². The van der Waals surface area contributed by atoms with E-state index in [1.807, 2.05) is 11.8 Å². The van der Waals surface area contributed by atoms with E-state index in [9.17, 15) is 5.26 Å². The number of aryl methyl sites for hydroxylation is 1. The molecule has 2 aliphatic rings. The molecule has 1 fully saturated rings. The van der Waals surface area contributed by atoms with Gasteiger partial charge in [-0.15, -0.1) is 11.8 Å². The predicted octanol–water partition coefficient (Wildman–Crippen LogP) is 3.96. The van der Waals surface area contributed by atoms with Crippen LogP contribution < -0.4 is 0 Å². The van der Waals surface area contributed by atoms with Gasteiger partial charge in [-0.2, -0.15) is 5.26 Å². The fraction of sp³-hybridized carbons (Fsp3) is 0.533. The molecule has 3 rings (SSSR count). The Balaban J connectivity index is 1.82. The van der Waals surface area contributed by atoms with Gasteiger partial charge in [-0.1, -0.05) is 18.6 Å². The first kappa shape index (κ1) is 11.2. The summed E-state index contributed by atoms with van der Waals surface area (Å²) < 4.78 is 0. The molecular weight excluding hydrogens is 226 g/mol. The Morgan fingerprint density at radius 1 is 1.29 bits per heavy atom. The Bertz CT molecular complexity index is 468. The molecule has 1 nitrogen and oxygen atoms in total. The summed E-state index contributed by atoms with van der Waals surface area (Å²) in [5.41, 5.74) is 2.84. The van der Waals surface area contributed by atoms with Crippen LogP contribution in [0.5, 0.6) is 0 Å². The van der Waals surface area contributed by atoms with Crippen molar-refractivity contribution in [3.8, 4) is 6.07 Å². The highest BCUT2D eigenvalue weighted by Crippen LogP contribution is 2.43. The molecule has 0 radical (unpaired) electrons. The molecule has 1 heterocycles. The van der Waals surface area contributed by atoms with Gasteiger partial charge in [0, 0.05) is 4.90 Å². The SMILES string of the molecule is N#CC1(Cc2ccc3c(c2)CCCS3)CCC1. The summed E-state index contributed by atoms with van der Waals surface area (Å²) in [6.07, 6.45) is 6.89. The molecule has 0 atom stereocenters. The number of nitriles is 1. The maximum Gasteiger partial charge on any atom is 0.0693 e. The highest BCUT2D eigenvalue weighted by Gasteiger charge is 2.37. The van der Waals surface area contributed by atoms with Gasteiger partial charge in [0.15, 0.2) is 0 Å². The van der Waals surface area contributed by atoms with Crippen LogP contribution in [-0.2, 0) is 12.8 Å². The molecule has 2 heteroatoms. The van der Waals surface area contributed by atoms with Crippen molar-refractivity contribution >= 4 is 11.8 Å². The van der Waals surface area contributed by atoms with Crippen LogP contribution in [0.15, 0.2) is 23.1 Å². The lowest BCUT2D eigenvalue weighted by Crippen LogP contribution is -2.29. The van der Waals surface area contributed by atoms with E-state index in [1.165, 1.54) is 41.0 Å². The van der Waals surface area contributed by atoms with Crippen molar-refractivity contribution in [2.75, 3.05) is 5.75 Å². The zero-order valence-corrected chi connectivity index (χ0v) is 10.9. The monoisotopic (exact) mass is 243 g/mol. The number of thioether (sulfide) groups is 1. The van der Waals surface area contributed by atoms with E-state index in [1.54, 1.807) is 0 Å². The molecule has 1 aliphatic heterocycles. The van der Waals surface area contributed by atoms with Gasteiger partial charge in [0.2, 0.25) is 0 Å². The van der Waals surface area contributed by atoms with Crippen molar-refractivity contribution in [2.45, 2.75) is 43.4 Å². The highest BCUT2D eigenvalue weighted by molar-refractivity contribution is 7.99. The molecule has 0 bridgehead atoms. The van der Waals surface area contributed by atoms with Gasteiger partial charge >= 0.3 is 0 Å². The van der Waals surface area contributed by atoms with Crippen LogP contribution in [0.2, 0.25) is 0 Å². The van der Waals surface area contributed by atoms with Crippen LogP contribution >= 0.6 is 11.8 Å². The minimum Gasteiger partial charge on any atom is -0.198 e. The van der Waals surface area contributed by atoms with Gasteiger partial charge in [0.1, 0.15) is 0 Å². The van der Waals surface area contributed by atoms with Crippen molar-refractivity contribution in [3.05, 3.63) is 29.3 Å². The van der Waals surface area contributed by atoms with E-state index in [0.29, 0.717) is 0 Å². The number of rotatable bonds is 2. The van der Waals surface area contributed by atoms with E-state index < -0.39 is 0 Å². The molecule has 0 N–H and O–H groups in total. The number of fused-ring (bicyclic) bond motifs is 1. The first-order chi connectivity index (χ1) is 8.31. The Labute approximate surface area is 107 Å². The molecule has 0 aromatic heterocycles. The average Bonchev–Trinajstić information content (AvgIpc) is 2.34. The Morgan fingerprint density at radius 3 is 2.88 bits per heavy atom. The van der Waals surface area contributed by atoms with Crippen LogP contribution in [0.3, 0.4) is 0 Å². The third kappa shape index (κ3) is 2.09. The van der Waals surface area contributed by atoms with Crippen molar-refractivity contribution in [2.24, 2.45) is 5.41 Å². The first-order valence-corrected chi connectivity index (χ1v) is 7.46. The van der Waals surface area contributed by atoms with E-state index >= 15 is 0 Å². The summed E-state index contributed by atoms with van der Waals surface area (Å²) in [6, 6.07) is 9.38. The third-order valence-corrected chi connectivity index (χ3v) is 5.27. The molecule has 1 aromatic carbocycles. The number of hydrogen-bond acceptors (Lipinski definition) is 2. The van der Waals surface area contributed by atoms with Gasteiger partial charge in [0.05, 0.1) is 11.5 Å². The predicted molar refractivity (Wildman–Crippen MR) is 71.1 cm³/mol. The summed E-state index contributed by atoms with van der Waals surface area (Å²) in [5.74, 6) is 1.26. The molecule has 0 amide bonds. The van der Waals surface area contributed by atoms with Crippen LogP contribution in [0.4, 0.5) is 0 Å². The van der Waals surface area contributed by atoms with E-state index in [0.717, 1.165) is 19.3 Å². The summed E-state index contributed by atoms with van der Waals surface area (Å²) in [6.45, 7) is 0. The van der Waals surface area contributed by atoms with Gasteiger partial charge in [0.25, 0.3) is 0 Å². The molecule has 0 saturated heterocycles. The lowest BCUT2D eigenvalue weighted by atomic mass is 9.66. The minimum atomic E-state index is -0.0317. The minimum absolute atomic E-state index is 0.0317. The van der Waals surface area contributed by atoms with Gasteiger partial charge in [-0.05, 0) is 55.1 Å². The summed E-state index contributed by atoms with van der Waals surface area (Å²) in [5, 5.41) is 9.28. The van der Waals surface area contributed by atoms with E-state index in [4.69, 9.17) is 0 Å². The molecule has 1 aliphatic carbocycles. The highest BCUT2D eigenvalue weighted by atomic mass is 32.2. The van der Waals surface area contributed by atoms with Gasteiger partial charge in [-0.25, -0.2) is 0 Å². The standard InChI is InChI=1S/C15H17NS/c16-11-15(6-2-7-15)10-12-4-5-14-13(9-12)3-1-8-17-14/h4-5,9H,1-3,6-8,10H2. The Morgan fingerprint density at radius 2 is 2.18 bits per heavy atom. The molecule has 1 saturated carbocycles. The fourth-order valence-electron chi connectivity index (χ4n) is 2.85. The van der Waals surface area contributed by atoms with Gasteiger partial charge < -0.3 is 0 Å². The zero-order chi connectivity index (χ0) is 11.7. The smallest absolute Gasteiger partial charge is 0.0693 e. The Hall–Kier alpha value is -0.940. The maximum atomic E-state index is 9.28. The lowest BCUT2D eigenvalue weighted by molar-refractivity contribution is 0.214. The first-order valence-electron chi connectivity index (χ1n) is 6.47. The fourth-order valence-corrected chi connectivity index (χ4v) is 3.87. The van der Waals surface area contributed by atoms with Crippen molar-refractivity contribution in [1.82, 2.24) is 0 Å². The molecule has 0 unspecified atom stereocenters. The normalized spacial score (nSPS) is 21.1. The second-order valence-corrected chi connectivity index (χ2v) is 6.45. The summed E-state index contributed by atoms with van der Waals surface area (Å²) >= 11 is 1.98. The van der Waals surface area contributed by atoms with Crippen LogP contribution in [-0.4, -0.2) is 5.75 Å². The molecule has 1 aromatic rings. The zero-order valence-electron chi connectivity index (χ0n) is 10.0.